The van der Waals surface area contributed by atoms with Gasteiger partial charge in [0.05, 0.1) is 5.97 Å². The molecule has 0 radical (unpaired) electrons. The van der Waals surface area contributed by atoms with Crippen LogP contribution in [0.1, 0.15) is 23.2 Å². The molecule has 1 heterocycles. The zero-order chi connectivity index (χ0) is 15.3. The quantitative estimate of drug-likeness (QED) is 0.518. The molecule has 4 nitrogen and oxygen atoms in total. The van der Waals surface area contributed by atoms with Gasteiger partial charge in [-0.2, -0.15) is 0 Å². The Hall–Kier alpha value is -1.14. The molecule has 23 heavy (non-hydrogen) atoms. The number of pyridine rings is 1. The Morgan fingerprint density at radius 2 is 2.00 bits per heavy atom. The van der Waals surface area contributed by atoms with Gasteiger partial charge in [-0.15, -0.1) is 0 Å². The molecule has 0 aliphatic heterocycles. The predicted molar refractivity (Wildman–Crippen MR) is 87.9 cm³/mol. The number of benzene rings is 2. The molecule has 1 aliphatic rings. The number of aromatic carboxylic acids is 1. The Morgan fingerprint density at radius 3 is 2.70 bits per heavy atom. The number of nitrogens with zero attached hydrogens (tertiary/aromatic N) is 1. The van der Waals surface area contributed by atoms with Crippen molar-refractivity contribution in [3.8, 4) is 0 Å². The minimum Gasteiger partial charge on any atom is -0.545 e. The Balaban J connectivity index is 0.00000156. The van der Waals surface area contributed by atoms with Crippen LogP contribution < -0.4 is 40.0 Å². The van der Waals surface area contributed by atoms with Crippen LogP contribution in [0.25, 0.3) is 21.5 Å². The standard InChI is InChI=1S/C17H13BrN2O2.Na/c18-14-8-10-7-9(17(21)22)1-4-12(10)15-13(14)5-6-19-16(15)20-11-2-3-11;/h1,4-8,11H,2-3H2,(H,19,20)(H,21,22);/q;+1/p-1. The molecular formula is C17H12BrN2NaO2. The summed E-state index contributed by atoms with van der Waals surface area (Å²) in [5.74, 6) is -0.312. The molecule has 0 unspecified atom stereocenters. The van der Waals surface area contributed by atoms with Crippen LogP contribution in [0, 0.1) is 0 Å². The van der Waals surface area contributed by atoms with Gasteiger partial charge in [-0.3, -0.25) is 0 Å². The summed E-state index contributed by atoms with van der Waals surface area (Å²) in [6, 6.07) is 9.44. The minimum absolute atomic E-state index is 0. The number of carboxylic acids is 1. The van der Waals surface area contributed by atoms with Crippen LogP contribution in [0.5, 0.6) is 0 Å². The van der Waals surface area contributed by atoms with Crippen molar-refractivity contribution < 1.29 is 39.5 Å². The number of anilines is 1. The van der Waals surface area contributed by atoms with Gasteiger partial charge >= 0.3 is 29.6 Å². The molecule has 1 fully saturated rings. The van der Waals surface area contributed by atoms with Gasteiger partial charge in [0.2, 0.25) is 0 Å². The third-order valence-corrected chi connectivity index (χ3v) is 4.62. The first-order valence-corrected chi connectivity index (χ1v) is 7.91. The Bertz CT molecular complexity index is 925. The van der Waals surface area contributed by atoms with Crippen LogP contribution in [-0.4, -0.2) is 17.0 Å². The summed E-state index contributed by atoms with van der Waals surface area (Å²) in [6.45, 7) is 0. The predicted octanol–water partition coefficient (Wildman–Crippen LogP) is 0.0923. The first-order valence-electron chi connectivity index (χ1n) is 7.12. The number of halogens is 1. The van der Waals surface area contributed by atoms with Crippen LogP contribution in [0.2, 0.25) is 0 Å². The van der Waals surface area contributed by atoms with Crippen LogP contribution in [0.15, 0.2) is 41.0 Å². The molecule has 1 aliphatic carbocycles. The van der Waals surface area contributed by atoms with Gasteiger partial charge < -0.3 is 15.2 Å². The molecular weight excluding hydrogens is 367 g/mol. The summed E-state index contributed by atoms with van der Waals surface area (Å²) in [4.78, 5) is 15.5. The molecule has 1 aromatic heterocycles. The SMILES string of the molecule is O=C([O-])c1ccc2c(c1)cc(Br)c1ccnc(NC3CC3)c12.[Na+]. The monoisotopic (exact) mass is 378 g/mol. The van der Waals surface area contributed by atoms with E-state index >= 15 is 0 Å². The number of rotatable bonds is 3. The van der Waals surface area contributed by atoms with Crippen molar-refractivity contribution in [1.29, 1.82) is 0 Å². The van der Waals surface area contributed by atoms with Crippen molar-refractivity contribution in [2.75, 3.05) is 5.32 Å². The van der Waals surface area contributed by atoms with Crippen molar-refractivity contribution >= 4 is 49.3 Å². The smallest absolute Gasteiger partial charge is 0.545 e. The maximum absolute atomic E-state index is 11.1. The number of aromatic nitrogens is 1. The number of hydrogen-bond donors (Lipinski definition) is 1. The van der Waals surface area contributed by atoms with Gasteiger partial charge in [0, 0.05) is 27.5 Å². The Kier molecular flexibility index (Phi) is 4.65. The van der Waals surface area contributed by atoms with E-state index in [2.05, 4.69) is 26.2 Å². The number of nitrogens with one attached hydrogen (secondary N) is 1. The van der Waals surface area contributed by atoms with Crippen molar-refractivity contribution in [3.63, 3.8) is 0 Å². The van der Waals surface area contributed by atoms with Crippen LogP contribution in [0.4, 0.5) is 5.82 Å². The number of carboxylic acid groups (broad SMARTS) is 1. The second-order valence-corrected chi connectivity index (χ2v) is 6.44. The van der Waals surface area contributed by atoms with Gasteiger partial charge in [-0.05, 0) is 47.4 Å². The fraction of sp³-hybridized carbons (Fsp3) is 0.176. The first kappa shape index (κ1) is 16.7. The average molecular weight is 379 g/mol. The molecule has 0 amide bonds. The Labute approximate surface area is 163 Å². The fourth-order valence-corrected chi connectivity index (χ4v) is 3.29. The number of fused-ring (bicyclic) bond motifs is 3. The zero-order valence-corrected chi connectivity index (χ0v) is 16.2. The molecule has 1 saturated carbocycles. The van der Waals surface area contributed by atoms with Crippen LogP contribution in [0.3, 0.4) is 0 Å². The average Bonchev–Trinajstić information content (AvgIpc) is 3.31. The van der Waals surface area contributed by atoms with E-state index in [0.717, 1.165) is 31.8 Å². The topological polar surface area (TPSA) is 65.0 Å². The first-order chi connectivity index (χ1) is 10.6. The van der Waals surface area contributed by atoms with E-state index in [9.17, 15) is 9.90 Å². The molecule has 0 atom stereocenters. The van der Waals surface area contributed by atoms with Crippen LogP contribution >= 0.6 is 15.9 Å². The fourth-order valence-electron chi connectivity index (χ4n) is 2.71. The van der Waals surface area contributed by atoms with Gasteiger partial charge in [0.1, 0.15) is 5.82 Å². The van der Waals surface area contributed by atoms with Crippen LogP contribution in [-0.2, 0) is 0 Å². The number of carbonyl (C=O) groups is 1. The van der Waals surface area contributed by atoms with E-state index in [-0.39, 0.29) is 35.1 Å². The van der Waals surface area contributed by atoms with Gasteiger partial charge in [0.15, 0.2) is 0 Å². The summed E-state index contributed by atoms with van der Waals surface area (Å²) in [6.07, 6.45) is 4.12. The van der Waals surface area contributed by atoms with Crippen molar-refractivity contribution in [2.45, 2.75) is 18.9 Å². The summed E-state index contributed by atoms with van der Waals surface area (Å²) in [7, 11) is 0. The molecule has 1 N–H and O–H groups in total. The van der Waals surface area contributed by atoms with Gasteiger partial charge in [-0.25, -0.2) is 4.98 Å². The summed E-state index contributed by atoms with van der Waals surface area (Å²) in [5.41, 5.74) is 0.180. The summed E-state index contributed by atoms with van der Waals surface area (Å²) < 4.78 is 0.923. The van der Waals surface area contributed by atoms with Gasteiger partial charge in [0.25, 0.3) is 0 Å². The third kappa shape index (κ3) is 3.11. The molecule has 2 aromatic carbocycles. The summed E-state index contributed by atoms with van der Waals surface area (Å²) >= 11 is 3.58. The van der Waals surface area contributed by atoms with Crippen molar-refractivity contribution in [2.24, 2.45) is 0 Å². The van der Waals surface area contributed by atoms with E-state index in [1.54, 1.807) is 18.3 Å². The van der Waals surface area contributed by atoms with E-state index in [4.69, 9.17) is 0 Å². The van der Waals surface area contributed by atoms with E-state index in [1.165, 1.54) is 12.8 Å². The van der Waals surface area contributed by atoms with E-state index < -0.39 is 5.97 Å². The molecule has 0 saturated heterocycles. The maximum Gasteiger partial charge on any atom is 1.00 e. The summed E-state index contributed by atoms with van der Waals surface area (Å²) in [5, 5.41) is 18.4. The zero-order valence-electron chi connectivity index (χ0n) is 12.6. The second-order valence-electron chi connectivity index (χ2n) is 5.58. The van der Waals surface area contributed by atoms with E-state index in [1.807, 2.05) is 18.2 Å². The molecule has 0 spiro atoms. The molecule has 0 bridgehead atoms. The number of carbonyl (C=O) groups excluding carboxylic acids is 1. The third-order valence-electron chi connectivity index (χ3n) is 3.97. The normalized spacial score (nSPS) is 13.8. The molecule has 3 aromatic rings. The largest absolute Gasteiger partial charge is 1.00 e. The second kappa shape index (κ2) is 6.40. The maximum atomic E-state index is 11.1. The molecule has 4 rings (SSSR count). The van der Waals surface area contributed by atoms with Gasteiger partial charge in [-0.1, -0.05) is 28.1 Å². The minimum atomic E-state index is -1.17. The Morgan fingerprint density at radius 1 is 1.22 bits per heavy atom. The van der Waals surface area contributed by atoms with E-state index in [0.29, 0.717) is 6.04 Å². The molecule has 6 heteroatoms. The number of hydrogen-bond acceptors (Lipinski definition) is 4. The van der Waals surface area contributed by atoms with Crippen molar-refractivity contribution in [1.82, 2.24) is 4.98 Å². The molecule has 110 valence electrons. The van der Waals surface area contributed by atoms with Crippen molar-refractivity contribution in [3.05, 3.63) is 46.6 Å².